The Hall–Kier alpha value is -2.09. The van der Waals surface area contributed by atoms with Crippen LogP contribution in [-0.2, 0) is 10.0 Å². The first kappa shape index (κ1) is 22.2. The molecule has 0 atom stereocenters. The molecular weight excluding hydrogens is 398 g/mol. The van der Waals surface area contributed by atoms with Crippen molar-refractivity contribution in [2.45, 2.75) is 30.7 Å². The number of carbonyl (C=O) groups excluding carboxylic acids is 1. The molecule has 3 rings (SSSR count). The molecule has 1 saturated heterocycles. The second-order valence-electron chi connectivity index (χ2n) is 6.83. The molecule has 1 aliphatic rings. The summed E-state index contributed by atoms with van der Waals surface area (Å²) in [6, 6.07) is 13.6. The molecule has 0 aromatic heterocycles. The zero-order chi connectivity index (χ0) is 19.4. The Balaban J connectivity index is 0.00000280. The lowest BCUT2D eigenvalue weighted by molar-refractivity contribution is 0.0929. The molecule has 0 radical (unpaired) electrons. The fourth-order valence-electron chi connectivity index (χ4n) is 3.08. The van der Waals surface area contributed by atoms with Gasteiger partial charge in [-0.25, -0.2) is 8.42 Å². The van der Waals surface area contributed by atoms with Crippen LogP contribution in [0, 0.1) is 6.92 Å². The number of aryl methyl sites for hydroxylation is 1. The first-order chi connectivity index (χ1) is 12.9. The highest BCUT2D eigenvalue weighted by molar-refractivity contribution is 7.92. The highest BCUT2D eigenvalue weighted by Crippen LogP contribution is 2.23. The molecule has 152 valence electrons. The maximum Gasteiger partial charge on any atom is 0.264 e. The number of carbonyl (C=O) groups is 1. The van der Waals surface area contributed by atoms with Gasteiger partial charge in [-0.3, -0.25) is 9.10 Å². The van der Waals surface area contributed by atoms with Crippen molar-refractivity contribution in [3.63, 3.8) is 0 Å². The molecule has 1 fully saturated rings. The third kappa shape index (κ3) is 5.04. The fraction of sp³-hybridized carbons (Fsp3) is 0.350. The molecule has 0 aliphatic carbocycles. The first-order valence-corrected chi connectivity index (χ1v) is 10.5. The molecule has 0 spiro atoms. The van der Waals surface area contributed by atoms with Crippen LogP contribution in [-0.4, -0.2) is 40.5 Å². The molecule has 1 heterocycles. The number of halogens is 1. The number of amides is 1. The van der Waals surface area contributed by atoms with Gasteiger partial charge in [-0.15, -0.1) is 12.4 Å². The van der Waals surface area contributed by atoms with Crippen LogP contribution in [0.5, 0.6) is 0 Å². The summed E-state index contributed by atoms with van der Waals surface area (Å²) < 4.78 is 27.2. The maximum absolute atomic E-state index is 13.0. The predicted molar refractivity (Wildman–Crippen MR) is 114 cm³/mol. The molecule has 2 N–H and O–H groups in total. The number of rotatable bonds is 5. The average Bonchev–Trinajstić information content (AvgIpc) is 2.69. The number of piperidine rings is 1. The Morgan fingerprint density at radius 2 is 1.75 bits per heavy atom. The highest BCUT2D eigenvalue weighted by atomic mass is 35.5. The normalized spacial score (nSPS) is 14.8. The minimum Gasteiger partial charge on any atom is -0.349 e. The monoisotopic (exact) mass is 423 g/mol. The summed E-state index contributed by atoms with van der Waals surface area (Å²) in [5.41, 5.74) is 1.98. The number of hydrogen-bond acceptors (Lipinski definition) is 4. The Morgan fingerprint density at radius 1 is 1.11 bits per heavy atom. The van der Waals surface area contributed by atoms with Crippen LogP contribution in [0.1, 0.15) is 28.8 Å². The summed E-state index contributed by atoms with van der Waals surface area (Å²) >= 11 is 0. The van der Waals surface area contributed by atoms with Gasteiger partial charge >= 0.3 is 0 Å². The molecule has 28 heavy (non-hydrogen) atoms. The van der Waals surface area contributed by atoms with Crippen LogP contribution >= 0.6 is 12.4 Å². The summed E-state index contributed by atoms with van der Waals surface area (Å²) in [4.78, 5) is 12.6. The number of nitrogens with zero attached hydrogens (tertiary/aromatic N) is 1. The average molecular weight is 424 g/mol. The Labute approximate surface area is 172 Å². The lowest BCUT2D eigenvalue weighted by atomic mass is 10.1. The standard InChI is InChI=1S/C20H25N3O3S.ClH/c1-15-6-8-18(9-7-15)23(2)27(25,26)19-5-3-4-16(14-19)20(24)22-17-10-12-21-13-11-17;/h3-9,14,17,21H,10-13H2,1-2H3,(H,22,24);1H. The van der Waals surface area contributed by atoms with E-state index in [0.29, 0.717) is 11.3 Å². The van der Waals surface area contributed by atoms with E-state index in [1.165, 1.54) is 23.5 Å². The highest BCUT2D eigenvalue weighted by Gasteiger charge is 2.23. The van der Waals surface area contributed by atoms with E-state index in [-0.39, 0.29) is 29.3 Å². The molecule has 2 aromatic rings. The van der Waals surface area contributed by atoms with E-state index in [4.69, 9.17) is 0 Å². The van der Waals surface area contributed by atoms with Crippen molar-refractivity contribution in [2.24, 2.45) is 0 Å². The van der Waals surface area contributed by atoms with Gasteiger partial charge in [0.15, 0.2) is 0 Å². The summed E-state index contributed by atoms with van der Waals surface area (Å²) in [6.45, 7) is 3.70. The zero-order valence-electron chi connectivity index (χ0n) is 16.0. The van der Waals surface area contributed by atoms with Crippen molar-refractivity contribution in [2.75, 3.05) is 24.4 Å². The summed E-state index contributed by atoms with van der Waals surface area (Å²) in [7, 11) is -2.24. The van der Waals surface area contributed by atoms with E-state index in [1.54, 1.807) is 24.3 Å². The van der Waals surface area contributed by atoms with Crippen LogP contribution in [0.3, 0.4) is 0 Å². The molecule has 8 heteroatoms. The van der Waals surface area contributed by atoms with E-state index < -0.39 is 10.0 Å². The lowest BCUT2D eigenvalue weighted by Crippen LogP contribution is -2.42. The van der Waals surface area contributed by atoms with Crippen LogP contribution in [0.25, 0.3) is 0 Å². The van der Waals surface area contributed by atoms with E-state index >= 15 is 0 Å². The van der Waals surface area contributed by atoms with Crippen LogP contribution in [0.2, 0.25) is 0 Å². The fourth-order valence-corrected chi connectivity index (χ4v) is 4.33. The first-order valence-electron chi connectivity index (χ1n) is 9.05. The molecule has 2 aromatic carbocycles. The van der Waals surface area contributed by atoms with Crippen molar-refractivity contribution in [3.8, 4) is 0 Å². The van der Waals surface area contributed by atoms with Gasteiger partial charge in [0.1, 0.15) is 0 Å². The smallest absolute Gasteiger partial charge is 0.264 e. The number of nitrogens with one attached hydrogen (secondary N) is 2. The minimum atomic E-state index is -3.75. The Bertz CT molecular complexity index is 911. The molecule has 1 amide bonds. The summed E-state index contributed by atoms with van der Waals surface area (Å²) in [5, 5.41) is 6.25. The second-order valence-corrected chi connectivity index (χ2v) is 8.80. The number of sulfonamides is 1. The molecule has 1 aliphatic heterocycles. The minimum absolute atomic E-state index is 0. The third-order valence-electron chi connectivity index (χ3n) is 4.83. The number of hydrogen-bond donors (Lipinski definition) is 2. The predicted octanol–water partition coefficient (Wildman–Crippen LogP) is 2.72. The Morgan fingerprint density at radius 3 is 2.39 bits per heavy atom. The van der Waals surface area contributed by atoms with Crippen molar-refractivity contribution < 1.29 is 13.2 Å². The molecule has 0 saturated carbocycles. The zero-order valence-corrected chi connectivity index (χ0v) is 17.6. The largest absolute Gasteiger partial charge is 0.349 e. The molecule has 0 bridgehead atoms. The quantitative estimate of drug-likeness (QED) is 0.775. The molecular formula is C20H26ClN3O3S. The van der Waals surface area contributed by atoms with Gasteiger partial charge in [-0.1, -0.05) is 23.8 Å². The molecule has 6 nitrogen and oxygen atoms in total. The van der Waals surface area contributed by atoms with Gasteiger partial charge < -0.3 is 10.6 Å². The summed E-state index contributed by atoms with van der Waals surface area (Å²) in [6.07, 6.45) is 1.75. The van der Waals surface area contributed by atoms with Gasteiger partial charge in [-0.2, -0.15) is 0 Å². The van der Waals surface area contributed by atoms with Crippen molar-refractivity contribution >= 4 is 34.0 Å². The second kappa shape index (κ2) is 9.41. The van der Waals surface area contributed by atoms with E-state index in [0.717, 1.165) is 31.5 Å². The van der Waals surface area contributed by atoms with Crippen LogP contribution < -0.4 is 14.9 Å². The molecule has 0 unspecified atom stereocenters. The topological polar surface area (TPSA) is 78.5 Å². The van der Waals surface area contributed by atoms with Crippen LogP contribution in [0.4, 0.5) is 5.69 Å². The van der Waals surface area contributed by atoms with Gasteiger partial charge in [0.05, 0.1) is 10.6 Å². The SMILES string of the molecule is Cc1ccc(N(C)S(=O)(=O)c2cccc(C(=O)NC3CCNCC3)c2)cc1.Cl. The van der Waals surface area contributed by atoms with Crippen molar-refractivity contribution in [1.82, 2.24) is 10.6 Å². The van der Waals surface area contributed by atoms with E-state index in [2.05, 4.69) is 10.6 Å². The maximum atomic E-state index is 13.0. The third-order valence-corrected chi connectivity index (χ3v) is 6.61. The van der Waals surface area contributed by atoms with E-state index in [9.17, 15) is 13.2 Å². The number of benzene rings is 2. The lowest BCUT2D eigenvalue weighted by Gasteiger charge is -2.24. The van der Waals surface area contributed by atoms with Crippen LogP contribution in [0.15, 0.2) is 53.4 Å². The van der Waals surface area contributed by atoms with Crippen molar-refractivity contribution in [3.05, 3.63) is 59.7 Å². The Kier molecular flexibility index (Phi) is 7.46. The van der Waals surface area contributed by atoms with Gasteiger partial charge in [0, 0.05) is 18.7 Å². The van der Waals surface area contributed by atoms with Gasteiger partial charge in [0.2, 0.25) is 0 Å². The van der Waals surface area contributed by atoms with E-state index in [1.807, 2.05) is 19.1 Å². The van der Waals surface area contributed by atoms with Gasteiger partial charge in [0.25, 0.3) is 15.9 Å². The van der Waals surface area contributed by atoms with Gasteiger partial charge in [-0.05, 0) is 63.2 Å². The number of anilines is 1. The van der Waals surface area contributed by atoms with Crippen molar-refractivity contribution in [1.29, 1.82) is 0 Å². The summed E-state index contributed by atoms with van der Waals surface area (Å²) in [5.74, 6) is -0.239.